The van der Waals surface area contributed by atoms with Crippen molar-refractivity contribution in [3.05, 3.63) is 71.8 Å². The number of rotatable bonds is 8. The van der Waals surface area contributed by atoms with E-state index in [2.05, 4.69) is 62.1 Å². The van der Waals surface area contributed by atoms with E-state index in [-0.39, 0.29) is 5.91 Å². The molecule has 4 rings (SSSR count). The van der Waals surface area contributed by atoms with Crippen LogP contribution in [0, 0.1) is 5.92 Å². The number of nitrogens with zero attached hydrogens (tertiary/aromatic N) is 1. The van der Waals surface area contributed by atoms with Crippen molar-refractivity contribution in [3.8, 4) is 11.1 Å². The van der Waals surface area contributed by atoms with Gasteiger partial charge < -0.3 is 5.73 Å². The molecule has 3 heteroatoms. The molecule has 0 radical (unpaired) electrons. The molecule has 2 N–H and O–H groups in total. The molecule has 30 heavy (non-hydrogen) atoms. The molecular formula is C27H34N2O. The molecule has 2 aliphatic carbocycles. The van der Waals surface area contributed by atoms with E-state index in [4.69, 9.17) is 5.73 Å². The summed E-state index contributed by atoms with van der Waals surface area (Å²) in [4.78, 5) is 15.7. The largest absolute Gasteiger partial charge is 0.369 e. The summed E-state index contributed by atoms with van der Waals surface area (Å²) in [6.45, 7) is 7.73. The monoisotopic (exact) mass is 402 g/mol. The number of benzene rings is 2. The summed E-state index contributed by atoms with van der Waals surface area (Å²) in [7, 11) is 0. The predicted molar refractivity (Wildman–Crippen MR) is 124 cm³/mol. The van der Waals surface area contributed by atoms with E-state index in [1.807, 2.05) is 24.3 Å². The minimum atomic E-state index is -0.737. The highest BCUT2D eigenvalue weighted by Crippen LogP contribution is 2.51. The van der Waals surface area contributed by atoms with Gasteiger partial charge in [0.2, 0.25) is 5.91 Å². The lowest BCUT2D eigenvalue weighted by atomic mass is 9.72. The third-order valence-electron chi connectivity index (χ3n) is 7.54. The van der Waals surface area contributed by atoms with Crippen molar-refractivity contribution in [2.45, 2.75) is 64.0 Å². The summed E-state index contributed by atoms with van der Waals surface area (Å²) < 4.78 is 0. The smallest absolute Gasteiger partial charge is 0.232 e. The topological polar surface area (TPSA) is 46.3 Å². The van der Waals surface area contributed by atoms with Crippen LogP contribution in [-0.4, -0.2) is 29.4 Å². The van der Waals surface area contributed by atoms with Crippen molar-refractivity contribution in [1.29, 1.82) is 0 Å². The van der Waals surface area contributed by atoms with Crippen LogP contribution < -0.4 is 5.73 Å². The molecule has 158 valence electrons. The Morgan fingerprint density at radius 2 is 1.73 bits per heavy atom. The van der Waals surface area contributed by atoms with Gasteiger partial charge in [0.25, 0.3) is 0 Å². The van der Waals surface area contributed by atoms with Crippen molar-refractivity contribution in [2.75, 3.05) is 6.54 Å². The SMILES string of the molecule is CC=CCN(C(C)CCC1(C(N)=O)c2ccccc2-c2ccccc21)C1CCC1C. The number of allylic oxidation sites excluding steroid dienone is 1. The summed E-state index contributed by atoms with van der Waals surface area (Å²) in [6, 6.07) is 17.6. The summed E-state index contributed by atoms with van der Waals surface area (Å²) in [5.41, 5.74) is 9.87. The van der Waals surface area contributed by atoms with Crippen molar-refractivity contribution < 1.29 is 4.79 Å². The number of nitrogens with two attached hydrogens (primary N) is 1. The minimum Gasteiger partial charge on any atom is -0.369 e. The van der Waals surface area contributed by atoms with Gasteiger partial charge in [0.1, 0.15) is 0 Å². The number of carbonyl (C=O) groups excluding carboxylic acids is 1. The van der Waals surface area contributed by atoms with Gasteiger partial charge in [0.15, 0.2) is 0 Å². The second-order valence-corrected chi connectivity index (χ2v) is 9.14. The van der Waals surface area contributed by atoms with Gasteiger partial charge in [-0.25, -0.2) is 0 Å². The Labute approximate surface area is 181 Å². The first-order chi connectivity index (χ1) is 14.5. The Balaban J connectivity index is 1.65. The quantitative estimate of drug-likeness (QED) is 0.610. The van der Waals surface area contributed by atoms with Crippen LogP contribution in [0.25, 0.3) is 11.1 Å². The first-order valence-corrected chi connectivity index (χ1v) is 11.4. The zero-order valence-electron chi connectivity index (χ0n) is 18.5. The first kappa shape index (κ1) is 20.9. The van der Waals surface area contributed by atoms with Crippen molar-refractivity contribution >= 4 is 5.91 Å². The molecule has 1 amide bonds. The number of amides is 1. The summed E-state index contributed by atoms with van der Waals surface area (Å²) in [6.07, 6.45) is 8.66. The molecule has 0 bridgehead atoms. The zero-order chi connectivity index (χ0) is 21.3. The van der Waals surface area contributed by atoms with Crippen LogP contribution >= 0.6 is 0 Å². The maximum Gasteiger partial charge on any atom is 0.232 e. The van der Waals surface area contributed by atoms with Crippen molar-refractivity contribution in [2.24, 2.45) is 11.7 Å². The average Bonchev–Trinajstić information content (AvgIpc) is 3.05. The van der Waals surface area contributed by atoms with Gasteiger partial charge in [0.05, 0.1) is 5.41 Å². The fourth-order valence-corrected chi connectivity index (χ4v) is 5.59. The highest BCUT2D eigenvalue weighted by molar-refractivity contribution is 5.99. The normalized spacial score (nSPS) is 22.5. The van der Waals surface area contributed by atoms with E-state index in [1.54, 1.807) is 0 Å². The van der Waals surface area contributed by atoms with E-state index in [0.717, 1.165) is 47.6 Å². The second-order valence-electron chi connectivity index (χ2n) is 9.14. The third-order valence-corrected chi connectivity index (χ3v) is 7.54. The van der Waals surface area contributed by atoms with Crippen molar-refractivity contribution in [3.63, 3.8) is 0 Å². The molecule has 1 saturated carbocycles. The van der Waals surface area contributed by atoms with Crippen LogP contribution in [0.2, 0.25) is 0 Å². The number of hydrogen-bond acceptors (Lipinski definition) is 2. The lowest BCUT2D eigenvalue weighted by Gasteiger charge is -2.46. The average molecular weight is 403 g/mol. The molecule has 2 aromatic carbocycles. The van der Waals surface area contributed by atoms with E-state index < -0.39 is 5.41 Å². The number of fused-ring (bicyclic) bond motifs is 3. The standard InChI is InChI=1S/C27H34N2O/c1-4-5-18-29(25-15-14-19(25)2)20(3)16-17-27(26(28)30)23-12-8-6-10-21(23)22-11-7-9-13-24(22)27/h4-13,19-20,25H,14-18H2,1-3H3,(H2,28,30). The number of primary amides is 1. The van der Waals surface area contributed by atoms with Crippen molar-refractivity contribution in [1.82, 2.24) is 4.90 Å². The van der Waals surface area contributed by atoms with Crippen LogP contribution in [0.1, 0.15) is 57.6 Å². The Morgan fingerprint density at radius 1 is 1.13 bits per heavy atom. The molecule has 0 aliphatic heterocycles. The van der Waals surface area contributed by atoms with Gasteiger partial charge in [-0.3, -0.25) is 9.69 Å². The molecule has 0 spiro atoms. The van der Waals surface area contributed by atoms with Crippen LogP contribution in [-0.2, 0) is 10.2 Å². The molecule has 3 atom stereocenters. The van der Waals surface area contributed by atoms with Gasteiger partial charge in [0, 0.05) is 18.6 Å². The maximum atomic E-state index is 13.1. The molecule has 1 fully saturated rings. The van der Waals surface area contributed by atoms with E-state index in [9.17, 15) is 4.79 Å². The van der Waals surface area contributed by atoms with E-state index >= 15 is 0 Å². The highest BCUT2D eigenvalue weighted by Gasteiger charge is 2.48. The van der Waals surface area contributed by atoms with Gasteiger partial charge >= 0.3 is 0 Å². The summed E-state index contributed by atoms with van der Waals surface area (Å²) >= 11 is 0. The molecule has 0 aromatic heterocycles. The van der Waals surface area contributed by atoms with Crippen LogP contribution in [0.4, 0.5) is 0 Å². The lowest BCUT2D eigenvalue weighted by molar-refractivity contribution is -0.122. The summed E-state index contributed by atoms with van der Waals surface area (Å²) in [5, 5.41) is 0. The fraction of sp³-hybridized carbons (Fsp3) is 0.444. The molecule has 0 saturated heterocycles. The second kappa shape index (κ2) is 8.39. The molecule has 3 unspecified atom stereocenters. The van der Waals surface area contributed by atoms with Crippen LogP contribution in [0.3, 0.4) is 0 Å². The van der Waals surface area contributed by atoms with Gasteiger partial charge in [-0.1, -0.05) is 67.6 Å². The Kier molecular flexibility index (Phi) is 5.84. The molecule has 2 aliphatic rings. The molecular weight excluding hydrogens is 368 g/mol. The van der Waals surface area contributed by atoms with Gasteiger partial charge in [-0.05, 0) is 67.7 Å². The summed E-state index contributed by atoms with van der Waals surface area (Å²) in [5.74, 6) is 0.514. The molecule has 3 nitrogen and oxygen atoms in total. The third kappa shape index (κ3) is 3.30. The number of carbonyl (C=O) groups is 1. The minimum absolute atomic E-state index is 0.232. The Bertz CT molecular complexity index is 902. The Morgan fingerprint density at radius 3 is 2.20 bits per heavy atom. The Hall–Kier alpha value is -2.39. The molecule has 0 heterocycles. The highest BCUT2D eigenvalue weighted by atomic mass is 16.1. The van der Waals surface area contributed by atoms with Crippen LogP contribution in [0.15, 0.2) is 60.7 Å². The van der Waals surface area contributed by atoms with E-state index in [0.29, 0.717) is 12.1 Å². The van der Waals surface area contributed by atoms with Gasteiger partial charge in [-0.2, -0.15) is 0 Å². The fourth-order valence-electron chi connectivity index (χ4n) is 5.59. The zero-order valence-corrected chi connectivity index (χ0v) is 18.5. The van der Waals surface area contributed by atoms with Gasteiger partial charge in [-0.15, -0.1) is 0 Å². The van der Waals surface area contributed by atoms with E-state index in [1.165, 1.54) is 12.8 Å². The maximum absolute atomic E-state index is 13.1. The van der Waals surface area contributed by atoms with Crippen LogP contribution in [0.5, 0.6) is 0 Å². The number of hydrogen-bond donors (Lipinski definition) is 1. The first-order valence-electron chi connectivity index (χ1n) is 11.4. The predicted octanol–water partition coefficient (Wildman–Crippen LogP) is 5.28. The lowest BCUT2D eigenvalue weighted by Crippen LogP contribution is -2.51. The molecule has 2 aromatic rings.